The number of thiol groups is 1. The van der Waals surface area contributed by atoms with Gasteiger partial charge in [-0.1, -0.05) is 46.8 Å². The Morgan fingerprint density at radius 3 is 1.94 bits per heavy atom. The summed E-state index contributed by atoms with van der Waals surface area (Å²) in [7, 11) is 0. The number of ether oxygens (including phenoxy) is 1. The number of hydrogen-bond donors (Lipinski definition) is 1. The monoisotopic (exact) mass is 252 g/mol. The molecule has 0 aliphatic heterocycles. The molecular weight excluding hydrogens is 228 g/mol. The molecule has 1 rings (SSSR count). The van der Waals surface area contributed by atoms with Gasteiger partial charge in [0.15, 0.2) is 0 Å². The van der Waals surface area contributed by atoms with Crippen molar-refractivity contribution in [1.29, 1.82) is 0 Å². The molecule has 0 aromatic heterocycles. The number of hydrogen-bond acceptors (Lipinski definition) is 2. The van der Waals surface area contributed by atoms with Gasteiger partial charge in [-0.05, 0) is 28.9 Å². The van der Waals surface area contributed by atoms with Gasteiger partial charge < -0.3 is 4.74 Å². The van der Waals surface area contributed by atoms with Gasteiger partial charge in [0.2, 0.25) is 0 Å². The first-order valence-electron chi connectivity index (χ1n) is 6.09. The summed E-state index contributed by atoms with van der Waals surface area (Å²) in [6.45, 7) is 11.7. The lowest BCUT2D eigenvalue weighted by Gasteiger charge is -2.23. The summed E-state index contributed by atoms with van der Waals surface area (Å²) < 4.78 is 5.78. The number of benzene rings is 1. The molecule has 0 aliphatic rings. The van der Waals surface area contributed by atoms with Crippen LogP contribution in [0.15, 0.2) is 24.3 Å². The van der Waals surface area contributed by atoms with E-state index >= 15 is 0 Å². The lowest BCUT2D eigenvalue weighted by molar-refractivity contribution is 0.202. The first-order valence-corrected chi connectivity index (χ1v) is 6.72. The van der Waals surface area contributed by atoms with Gasteiger partial charge in [0, 0.05) is 5.41 Å². The maximum Gasteiger partial charge on any atom is 0.119 e. The molecule has 0 aliphatic carbocycles. The molecule has 2 heteroatoms. The maximum atomic E-state index is 5.78. The lowest BCUT2D eigenvalue weighted by Crippen LogP contribution is -2.23. The lowest BCUT2D eigenvalue weighted by atomic mass is 9.87. The molecule has 1 aromatic rings. The molecule has 1 nitrogen and oxygen atoms in total. The van der Waals surface area contributed by atoms with Gasteiger partial charge in [0.05, 0.1) is 6.61 Å². The maximum absolute atomic E-state index is 5.78. The first kappa shape index (κ1) is 14.4. The Labute approximate surface area is 111 Å². The Hall–Kier alpha value is -0.630. The summed E-state index contributed by atoms with van der Waals surface area (Å²) in [5.41, 5.74) is 1.65. The SMILES string of the molecule is CC(C)(CS)COc1ccc(C(C)(C)C)cc1. The van der Waals surface area contributed by atoms with Crippen molar-refractivity contribution in [3.05, 3.63) is 29.8 Å². The van der Waals surface area contributed by atoms with Gasteiger partial charge in [-0.25, -0.2) is 0 Å². The van der Waals surface area contributed by atoms with E-state index in [-0.39, 0.29) is 10.8 Å². The second kappa shape index (κ2) is 5.34. The van der Waals surface area contributed by atoms with Crippen LogP contribution in [0.3, 0.4) is 0 Å². The van der Waals surface area contributed by atoms with Crippen LogP contribution >= 0.6 is 12.6 Å². The van der Waals surface area contributed by atoms with Crippen LogP contribution in [0.25, 0.3) is 0 Å². The van der Waals surface area contributed by atoms with Crippen molar-refractivity contribution in [2.75, 3.05) is 12.4 Å². The molecule has 0 amide bonds. The molecule has 0 saturated carbocycles. The molecule has 0 fully saturated rings. The molecule has 17 heavy (non-hydrogen) atoms. The van der Waals surface area contributed by atoms with E-state index in [4.69, 9.17) is 4.74 Å². The Bertz CT molecular complexity index is 346. The Kier molecular flexibility index (Phi) is 4.54. The second-order valence-electron chi connectivity index (χ2n) is 6.39. The third-order valence-corrected chi connectivity index (χ3v) is 3.63. The fourth-order valence-electron chi connectivity index (χ4n) is 1.38. The van der Waals surface area contributed by atoms with Crippen molar-refractivity contribution < 1.29 is 4.74 Å². The van der Waals surface area contributed by atoms with Gasteiger partial charge in [0.25, 0.3) is 0 Å². The van der Waals surface area contributed by atoms with Crippen molar-refractivity contribution >= 4 is 12.6 Å². The molecule has 0 bridgehead atoms. The van der Waals surface area contributed by atoms with E-state index in [1.165, 1.54) is 5.56 Å². The zero-order chi connectivity index (χ0) is 13.1. The topological polar surface area (TPSA) is 9.23 Å². The minimum absolute atomic E-state index is 0.117. The Morgan fingerprint density at radius 1 is 1.00 bits per heavy atom. The predicted molar refractivity (Wildman–Crippen MR) is 78.3 cm³/mol. The van der Waals surface area contributed by atoms with E-state index < -0.39 is 0 Å². The fourth-order valence-corrected chi connectivity index (χ4v) is 1.47. The first-order chi connectivity index (χ1) is 7.74. The minimum atomic E-state index is 0.117. The molecule has 0 atom stereocenters. The van der Waals surface area contributed by atoms with E-state index in [1.807, 2.05) is 0 Å². The van der Waals surface area contributed by atoms with Crippen LogP contribution in [-0.4, -0.2) is 12.4 Å². The van der Waals surface area contributed by atoms with Crippen molar-refractivity contribution in [2.24, 2.45) is 5.41 Å². The normalized spacial score (nSPS) is 12.6. The van der Waals surface area contributed by atoms with Crippen LogP contribution in [0.2, 0.25) is 0 Å². The second-order valence-corrected chi connectivity index (χ2v) is 6.70. The average Bonchev–Trinajstić information content (AvgIpc) is 2.26. The summed E-state index contributed by atoms with van der Waals surface area (Å²) >= 11 is 4.32. The van der Waals surface area contributed by atoms with Gasteiger partial charge in [0.1, 0.15) is 5.75 Å². The van der Waals surface area contributed by atoms with E-state index in [0.29, 0.717) is 6.61 Å². The Balaban J connectivity index is 2.64. The minimum Gasteiger partial charge on any atom is -0.493 e. The zero-order valence-electron chi connectivity index (χ0n) is 11.6. The highest BCUT2D eigenvalue weighted by molar-refractivity contribution is 7.80. The van der Waals surface area contributed by atoms with Crippen LogP contribution in [-0.2, 0) is 5.41 Å². The largest absolute Gasteiger partial charge is 0.493 e. The summed E-state index contributed by atoms with van der Waals surface area (Å²) in [5, 5.41) is 0. The molecule has 0 radical (unpaired) electrons. The Morgan fingerprint density at radius 2 is 1.53 bits per heavy atom. The van der Waals surface area contributed by atoms with Crippen LogP contribution < -0.4 is 4.74 Å². The molecular formula is C15H24OS. The summed E-state index contributed by atoms with van der Waals surface area (Å²) in [5.74, 6) is 1.76. The number of rotatable bonds is 4. The molecule has 0 heterocycles. The molecule has 1 aromatic carbocycles. The summed E-state index contributed by atoms with van der Waals surface area (Å²) in [6, 6.07) is 8.39. The van der Waals surface area contributed by atoms with E-state index in [9.17, 15) is 0 Å². The van der Waals surface area contributed by atoms with Crippen LogP contribution in [0, 0.1) is 5.41 Å². The highest BCUT2D eigenvalue weighted by atomic mass is 32.1. The highest BCUT2D eigenvalue weighted by Crippen LogP contribution is 2.25. The average molecular weight is 252 g/mol. The molecule has 96 valence electrons. The standard InChI is InChI=1S/C15H24OS/c1-14(2,3)12-6-8-13(9-7-12)16-10-15(4,5)11-17/h6-9,17H,10-11H2,1-5H3. The predicted octanol–water partition coefficient (Wildman–Crippen LogP) is 4.32. The van der Waals surface area contributed by atoms with Crippen molar-refractivity contribution in [1.82, 2.24) is 0 Å². The highest BCUT2D eigenvalue weighted by Gasteiger charge is 2.17. The summed E-state index contributed by atoms with van der Waals surface area (Å²) in [4.78, 5) is 0. The quantitative estimate of drug-likeness (QED) is 0.785. The molecule has 0 spiro atoms. The summed E-state index contributed by atoms with van der Waals surface area (Å²) in [6.07, 6.45) is 0. The molecule has 0 N–H and O–H groups in total. The van der Waals surface area contributed by atoms with Crippen molar-refractivity contribution in [3.63, 3.8) is 0 Å². The zero-order valence-corrected chi connectivity index (χ0v) is 12.5. The van der Waals surface area contributed by atoms with E-state index in [0.717, 1.165) is 11.5 Å². The van der Waals surface area contributed by atoms with Gasteiger partial charge in [-0.3, -0.25) is 0 Å². The third kappa shape index (κ3) is 4.63. The molecule has 0 unspecified atom stereocenters. The van der Waals surface area contributed by atoms with Crippen LogP contribution in [0.4, 0.5) is 0 Å². The van der Waals surface area contributed by atoms with Crippen LogP contribution in [0.1, 0.15) is 40.2 Å². The van der Waals surface area contributed by atoms with Crippen molar-refractivity contribution in [2.45, 2.75) is 40.0 Å². The van der Waals surface area contributed by atoms with Crippen molar-refractivity contribution in [3.8, 4) is 5.75 Å². The smallest absolute Gasteiger partial charge is 0.119 e. The van der Waals surface area contributed by atoms with Crippen LogP contribution in [0.5, 0.6) is 5.75 Å². The van der Waals surface area contributed by atoms with E-state index in [2.05, 4.69) is 71.5 Å². The van der Waals surface area contributed by atoms with E-state index in [1.54, 1.807) is 0 Å². The van der Waals surface area contributed by atoms with Gasteiger partial charge in [-0.2, -0.15) is 12.6 Å². The van der Waals surface area contributed by atoms with Gasteiger partial charge >= 0.3 is 0 Å². The fraction of sp³-hybridized carbons (Fsp3) is 0.600. The third-order valence-electron chi connectivity index (χ3n) is 2.78. The van der Waals surface area contributed by atoms with Gasteiger partial charge in [-0.15, -0.1) is 0 Å². The molecule has 0 saturated heterocycles.